The van der Waals surface area contributed by atoms with Gasteiger partial charge in [0.15, 0.2) is 0 Å². The first-order valence-electron chi connectivity index (χ1n) is 10.1. The van der Waals surface area contributed by atoms with E-state index in [1.807, 2.05) is 12.1 Å². The second-order valence-electron chi connectivity index (χ2n) is 6.94. The predicted octanol–water partition coefficient (Wildman–Crippen LogP) is 8.13. The van der Waals surface area contributed by atoms with Gasteiger partial charge in [0, 0.05) is 20.3 Å². The Labute approximate surface area is 193 Å². The third-order valence-corrected chi connectivity index (χ3v) is 6.88. The zero-order valence-corrected chi connectivity index (χ0v) is 19.3. The molecule has 0 amide bonds. The smallest absolute Gasteiger partial charge is 0.118 e. The maximum Gasteiger partial charge on any atom is 0.118 e. The highest BCUT2D eigenvalue weighted by molar-refractivity contribution is 8.08. The third-order valence-electron chi connectivity index (χ3n) is 4.98. The highest BCUT2D eigenvalue weighted by atomic mass is 32.2. The summed E-state index contributed by atoms with van der Waals surface area (Å²) in [5.74, 6) is 0.859. The second kappa shape index (κ2) is 10.4. The minimum Gasteiger partial charge on any atom is -0.497 e. The lowest BCUT2D eigenvalue weighted by Gasteiger charge is -2.17. The van der Waals surface area contributed by atoms with Gasteiger partial charge in [-0.25, -0.2) is 0 Å². The summed E-state index contributed by atoms with van der Waals surface area (Å²) in [5.41, 5.74) is 4.79. The van der Waals surface area contributed by atoms with Crippen LogP contribution in [0.25, 0.3) is 10.5 Å². The zero-order valence-electron chi connectivity index (χ0n) is 17.6. The molecular formula is C28H24OS2. The normalized spacial score (nSPS) is 11.7. The minimum atomic E-state index is 0.859. The van der Waals surface area contributed by atoms with Crippen molar-refractivity contribution in [1.82, 2.24) is 0 Å². The van der Waals surface area contributed by atoms with Crippen LogP contribution in [0.5, 0.6) is 5.75 Å². The average molecular weight is 441 g/mol. The number of hydrogen-bond acceptors (Lipinski definition) is 3. The van der Waals surface area contributed by atoms with Gasteiger partial charge in [-0.15, -0.1) is 11.8 Å². The average Bonchev–Trinajstić information content (AvgIpc) is 2.85. The van der Waals surface area contributed by atoms with E-state index in [1.54, 1.807) is 30.6 Å². The molecule has 0 aliphatic rings. The lowest BCUT2D eigenvalue weighted by molar-refractivity contribution is 0.415. The molecular weight excluding hydrogens is 416 g/mol. The first-order valence-corrected chi connectivity index (χ1v) is 12.1. The van der Waals surface area contributed by atoms with Crippen LogP contribution < -0.4 is 4.74 Å². The molecule has 0 aliphatic carbocycles. The van der Waals surface area contributed by atoms with Crippen molar-refractivity contribution in [2.24, 2.45) is 0 Å². The number of thioether (sulfide) groups is 2. The Hall–Kier alpha value is -2.88. The van der Waals surface area contributed by atoms with E-state index in [2.05, 4.69) is 103 Å². The Balaban J connectivity index is 1.95. The summed E-state index contributed by atoms with van der Waals surface area (Å²) in [6, 6.07) is 38.4. The molecule has 0 heterocycles. The number of methoxy groups -OCH3 is 1. The molecule has 3 heteroatoms. The lowest BCUT2D eigenvalue weighted by atomic mass is 9.95. The maximum absolute atomic E-state index is 5.40. The van der Waals surface area contributed by atoms with Crippen molar-refractivity contribution in [2.75, 3.05) is 13.4 Å². The number of hydrogen-bond donors (Lipinski definition) is 0. The molecule has 0 spiro atoms. The SMILES string of the molecule is COc1ccc(/C(=C(/Sc2ccccc2)c2ccc(SC)cc2)c2ccccc2)cc1. The molecule has 0 atom stereocenters. The molecule has 0 saturated heterocycles. The van der Waals surface area contributed by atoms with Gasteiger partial charge in [-0.1, -0.05) is 84.6 Å². The zero-order chi connectivity index (χ0) is 21.5. The summed E-state index contributed by atoms with van der Waals surface area (Å²) in [7, 11) is 1.70. The van der Waals surface area contributed by atoms with Crippen LogP contribution in [0.4, 0.5) is 0 Å². The summed E-state index contributed by atoms with van der Waals surface area (Å²) in [5, 5.41) is 0. The number of benzene rings is 4. The molecule has 0 aliphatic heterocycles. The van der Waals surface area contributed by atoms with E-state index in [4.69, 9.17) is 4.74 Å². The van der Waals surface area contributed by atoms with Gasteiger partial charge in [0.05, 0.1) is 7.11 Å². The summed E-state index contributed by atoms with van der Waals surface area (Å²) in [4.78, 5) is 3.71. The molecule has 154 valence electrons. The summed E-state index contributed by atoms with van der Waals surface area (Å²) in [6.07, 6.45) is 2.11. The number of ether oxygens (including phenoxy) is 1. The van der Waals surface area contributed by atoms with Crippen LogP contribution in [0.3, 0.4) is 0 Å². The Morgan fingerprint density at radius 1 is 0.581 bits per heavy atom. The summed E-state index contributed by atoms with van der Waals surface area (Å²) < 4.78 is 5.40. The fourth-order valence-electron chi connectivity index (χ4n) is 3.39. The van der Waals surface area contributed by atoms with Crippen LogP contribution >= 0.6 is 23.5 Å². The predicted molar refractivity (Wildman–Crippen MR) is 136 cm³/mol. The van der Waals surface area contributed by atoms with Gasteiger partial charge in [0.2, 0.25) is 0 Å². The van der Waals surface area contributed by atoms with Crippen molar-refractivity contribution in [3.63, 3.8) is 0 Å². The molecule has 31 heavy (non-hydrogen) atoms. The van der Waals surface area contributed by atoms with Gasteiger partial charge < -0.3 is 4.74 Å². The van der Waals surface area contributed by atoms with E-state index in [-0.39, 0.29) is 0 Å². The van der Waals surface area contributed by atoms with Gasteiger partial charge in [0.25, 0.3) is 0 Å². The molecule has 0 aromatic heterocycles. The highest BCUT2D eigenvalue weighted by Gasteiger charge is 2.16. The van der Waals surface area contributed by atoms with Crippen LogP contribution in [0.15, 0.2) is 119 Å². The van der Waals surface area contributed by atoms with Crippen LogP contribution in [0.2, 0.25) is 0 Å². The summed E-state index contributed by atoms with van der Waals surface area (Å²) in [6.45, 7) is 0. The molecule has 1 nitrogen and oxygen atoms in total. The van der Waals surface area contributed by atoms with E-state index < -0.39 is 0 Å². The molecule has 4 rings (SSSR count). The van der Waals surface area contributed by atoms with Crippen LogP contribution in [0.1, 0.15) is 16.7 Å². The van der Waals surface area contributed by atoms with Crippen molar-refractivity contribution in [3.8, 4) is 5.75 Å². The first-order chi connectivity index (χ1) is 15.3. The van der Waals surface area contributed by atoms with Crippen molar-refractivity contribution >= 4 is 34.0 Å². The second-order valence-corrected chi connectivity index (χ2v) is 8.91. The molecule has 0 fully saturated rings. The van der Waals surface area contributed by atoms with Gasteiger partial charge in [-0.2, -0.15) is 0 Å². The first kappa shape index (κ1) is 21.4. The third kappa shape index (κ3) is 5.25. The fourth-order valence-corrected chi connectivity index (χ4v) is 4.92. The fraction of sp³-hybridized carbons (Fsp3) is 0.0714. The quantitative estimate of drug-likeness (QED) is 0.212. The van der Waals surface area contributed by atoms with Gasteiger partial charge in [0.1, 0.15) is 5.75 Å². The van der Waals surface area contributed by atoms with Crippen LogP contribution in [-0.4, -0.2) is 13.4 Å². The van der Waals surface area contributed by atoms with Crippen molar-refractivity contribution in [1.29, 1.82) is 0 Å². The molecule has 0 radical (unpaired) electrons. The van der Waals surface area contributed by atoms with E-state index in [0.717, 1.165) is 5.75 Å². The Morgan fingerprint density at radius 3 is 1.71 bits per heavy atom. The molecule has 0 N–H and O–H groups in total. The Bertz CT molecular complexity index is 1130. The van der Waals surface area contributed by atoms with Gasteiger partial charge in [-0.3, -0.25) is 0 Å². The van der Waals surface area contributed by atoms with Crippen molar-refractivity contribution < 1.29 is 4.74 Å². The monoisotopic (exact) mass is 440 g/mol. The van der Waals surface area contributed by atoms with Crippen LogP contribution in [-0.2, 0) is 0 Å². The highest BCUT2D eigenvalue weighted by Crippen LogP contribution is 2.43. The van der Waals surface area contributed by atoms with E-state index in [1.165, 1.54) is 37.0 Å². The summed E-state index contributed by atoms with van der Waals surface area (Å²) >= 11 is 3.57. The Kier molecular flexibility index (Phi) is 7.18. The molecule has 0 unspecified atom stereocenters. The van der Waals surface area contributed by atoms with Gasteiger partial charge >= 0.3 is 0 Å². The van der Waals surface area contributed by atoms with Crippen molar-refractivity contribution in [3.05, 3.63) is 126 Å². The maximum atomic E-state index is 5.40. The lowest BCUT2D eigenvalue weighted by Crippen LogP contribution is -1.94. The standard InChI is InChI=1S/C28H24OS2/c1-29-24-17-13-22(14-18-24)27(21-9-5-3-6-10-21)28(31-26-11-7-4-8-12-26)23-15-19-25(30-2)20-16-23/h3-20H,1-2H3/b28-27+. The minimum absolute atomic E-state index is 0.859. The largest absolute Gasteiger partial charge is 0.497 e. The van der Waals surface area contributed by atoms with E-state index in [0.29, 0.717) is 0 Å². The van der Waals surface area contributed by atoms with E-state index >= 15 is 0 Å². The van der Waals surface area contributed by atoms with Crippen LogP contribution in [0, 0.1) is 0 Å². The Morgan fingerprint density at radius 2 is 1.13 bits per heavy atom. The molecule has 0 saturated carbocycles. The molecule has 4 aromatic rings. The number of rotatable bonds is 7. The van der Waals surface area contributed by atoms with Crippen molar-refractivity contribution in [2.45, 2.75) is 9.79 Å². The molecule has 4 aromatic carbocycles. The topological polar surface area (TPSA) is 9.23 Å². The van der Waals surface area contributed by atoms with E-state index in [9.17, 15) is 0 Å². The van der Waals surface area contributed by atoms with Gasteiger partial charge in [-0.05, 0) is 59.3 Å². The molecule has 0 bridgehead atoms.